The van der Waals surface area contributed by atoms with Crippen LogP contribution in [0.4, 0.5) is 10.1 Å². The Hall–Kier alpha value is -2.14. The van der Waals surface area contributed by atoms with Crippen LogP contribution >= 0.6 is 0 Å². The van der Waals surface area contributed by atoms with Crippen LogP contribution in [0.3, 0.4) is 0 Å². The zero-order valence-electron chi connectivity index (χ0n) is 12.3. The van der Waals surface area contributed by atoms with Gasteiger partial charge >= 0.3 is 0 Å². The number of halogens is 1. The predicted molar refractivity (Wildman–Crippen MR) is 81.7 cm³/mol. The molecular formula is C16H20FN3O. The number of benzene rings is 1. The molecule has 0 aliphatic heterocycles. The molecule has 112 valence electrons. The van der Waals surface area contributed by atoms with E-state index in [9.17, 15) is 4.39 Å². The zero-order valence-corrected chi connectivity index (χ0v) is 12.3. The molecule has 5 heteroatoms. The van der Waals surface area contributed by atoms with Crippen LogP contribution in [0.5, 0.6) is 5.75 Å². The van der Waals surface area contributed by atoms with Gasteiger partial charge in [0, 0.05) is 35.3 Å². The van der Waals surface area contributed by atoms with Gasteiger partial charge in [0.2, 0.25) is 0 Å². The number of nitrogens with one attached hydrogen (secondary N) is 1. The Morgan fingerprint density at radius 3 is 2.76 bits per heavy atom. The van der Waals surface area contributed by atoms with Crippen LogP contribution < -0.4 is 15.8 Å². The Morgan fingerprint density at radius 1 is 1.33 bits per heavy atom. The average Bonchev–Trinajstić information content (AvgIpc) is 2.50. The number of nitrogen functional groups attached to an aromatic ring is 1. The molecule has 0 bridgehead atoms. The fourth-order valence-corrected chi connectivity index (χ4v) is 2.20. The smallest absolute Gasteiger partial charge is 0.132 e. The summed E-state index contributed by atoms with van der Waals surface area (Å²) in [7, 11) is 1.51. The van der Waals surface area contributed by atoms with E-state index in [-0.39, 0.29) is 11.9 Å². The topological polar surface area (TPSA) is 60.2 Å². The summed E-state index contributed by atoms with van der Waals surface area (Å²) in [6, 6.07) is 6.23. The highest BCUT2D eigenvalue weighted by atomic mass is 19.1. The van der Waals surface area contributed by atoms with Crippen molar-refractivity contribution in [2.24, 2.45) is 0 Å². The molecule has 0 spiro atoms. The molecule has 21 heavy (non-hydrogen) atoms. The monoisotopic (exact) mass is 289 g/mol. The van der Waals surface area contributed by atoms with Crippen molar-refractivity contribution in [1.82, 2.24) is 10.3 Å². The van der Waals surface area contributed by atoms with E-state index in [4.69, 9.17) is 10.5 Å². The largest absolute Gasteiger partial charge is 0.497 e. The fraction of sp³-hybridized carbons (Fsp3) is 0.312. The molecule has 0 amide bonds. The molecule has 1 aromatic heterocycles. The third kappa shape index (κ3) is 3.49. The maximum Gasteiger partial charge on any atom is 0.132 e. The quantitative estimate of drug-likeness (QED) is 0.858. The van der Waals surface area contributed by atoms with E-state index in [1.54, 1.807) is 30.6 Å². The summed E-state index contributed by atoms with van der Waals surface area (Å²) in [4.78, 5) is 4.10. The minimum atomic E-state index is -0.329. The van der Waals surface area contributed by atoms with Crippen LogP contribution in [0.1, 0.15) is 30.5 Å². The highest BCUT2D eigenvalue weighted by Crippen LogP contribution is 2.29. The van der Waals surface area contributed by atoms with Crippen LogP contribution in [0.25, 0.3) is 0 Å². The van der Waals surface area contributed by atoms with Crippen LogP contribution in [0.15, 0.2) is 36.7 Å². The zero-order chi connectivity index (χ0) is 15.2. The van der Waals surface area contributed by atoms with E-state index >= 15 is 0 Å². The van der Waals surface area contributed by atoms with Crippen molar-refractivity contribution in [2.75, 3.05) is 19.4 Å². The molecule has 1 aromatic carbocycles. The summed E-state index contributed by atoms with van der Waals surface area (Å²) < 4.78 is 19.4. The van der Waals surface area contributed by atoms with E-state index in [1.807, 2.05) is 0 Å². The molecule has 1 atom stereocenters. The van der Waals surface area contributed by atoms with E-state index in [1.165, 1.54) is 13.2 Å². The molecule has 2 rings (SSSR count). The second-order valence-corrected chi connectivity index (χ2v) is 4.78. The molecule has 0 aliphatic carbocycles. The first-order valence-electron chi connectivity index (χ1n) is 6.93. The molecule has 2 aromatic rings. The van der Waals surface area contributed by atoms with E-state index in [0.717, 1.165) is 18.5 Å². The van der Waals surface area contributed by atoms with Crippen molar-refractivity contribution in [3.05, 3.63) is 53.6 Å². The maximum atomic E-state index is 14.4. The summed E-state index contributed by atoms with van der Waals surface area (Å²) in [6.07, 6.45) is 4.24. The van der Waals surface area contributed by atoms with Gasteiger partial charge in [0.15, 0.2) is 0 Å². The highest BCUT2D eigenvalue weighted by molar-refractivity contribution is 5.50. The van der Waals surface area contributed by atoms with Crippen LogP contribution in [0.2, 0.25) is 0 Å². The summed E-state index contributed by atoms with van der Waals surface area (Å²) >= 11 is 0. The first kappa shape index (κ1) is 15.3. The normalized spacial score (nSPS) is 12.1. The first-order valence-corrected chi connectivity index (χ1v) is 6.93. The van der Waals surface area contributed by atoms with Gasteiger partial charge in [-0.3, -0.25) is 4.98 Å². The third-order valence-corrected chi connectivity index (χ3v) is 3.32. The Balaban J connectivity index is 2.43. The molecule has 0 radical (unpaired) electrons. The molecule has 0 fully saturated rings. The van der Waals surface area contributed by atoms with Gasteiger partial charge in [0.25, 0.3) is 0 Å². The number of aromatic nitrogens is 1. The second kappa shape index (κ2) is 7.04. The maximum absolute atomic E-state index is 14.4. The van der Waals surface area contributed by atoms with Gasteiger partial charge in [0.1, 0.15) is 11.6 Å². The molecule has 4 nitrogen and oxygen atoms in total. The molecule has 3 N–H and O–H groups in total. The minimum Gasteiger partial charge on any atom is -0.497 e. The summed E-state index contributed by atoms with van der Waals surface area (Å²) in [5.41, 5.74) is 7.91. The lowest BCUT2D eigenvalue weighted by molar-refractivity contribution is 0.410. The van der Waals surface area contributed by atoms with Gasteiger partial charge in [-0.25, -0.2) is 4.39 Å². The number of hydrogen-bond donors (Lipinski definition) is 2. The Bertz CT molecular complexity index is 604. The molecule has 1 unspecified atom stereocenters. The second-order valence-electron chi connectivity index (χ2n) is 4.78. The van der Waals surface area contributed by atoms with Gasteiger partial charge in [-0.1, -0.05) is 13.0 Å². The third-order valence-electron chi connectivity index (χ3n) is 3.32. The number of rotatable bonds is 6. The van der Waals surface area contributed by atoms with Crippen LogP contribution in [-0.2, 0) is 0 Å². The standard InChI is InChI=1S/C16H20FN3O/c1-3-7-20-16(13-10-19-8-6-15(13)18)12-5-4-11(21-2)9-14(12)17/h4-6,8-10,16,20H,3,7H2,1-2H3,(H2,18,19). The lowest BCUT2D eigenvalue weighted by Crippen LogP contribution is -2.25. The number of methoxy groups -OCH3 is 1. The fourth-order valence-electron chi connectivity index (χ4n) is 2.20. The predicted octanol–water partition coefficient (Wildman–Crippen LogP) is 2.90. The molecule has 0 saturated carbocycles. The first-order chi connectivity index (χ1) is 10.2. The van der Waals surface area contributed by atoms with Crippen LogP contribution in [0, 0.1) is 5.82 Å². The number of nitrogens with zero attached hydrogens (tertiary/aromatic N) is 1. The van der Waals surface area contributed by atoms with Gasteiger partial charge in [-0.05, 0) is 25.1 Å². The van der Waals surface area contributed by atoms with Gasteiger partial charge < -0.3 is 15.8 Å². The van der Waals surface area contributed by atoms with Gasteiger partial charge in [0.05, 0.1) is 13.2 Å². The lowest BCUT2D eigenvalue weighted by Gasteiger charge is -2.21. The number of hydrogen-bond acceptors (Lipinski definition) is 4. The minimum absolute atomic E-state index is 0.328. The van der Waals surface area contributed by atoms with Crippen molar-refractivity contribution in [2.45, 2.75) is 19.4 Å². The van der Waals surface area contributed by atoms with Crippen molar-refractivity contribution >= 4 is 5.69 Å². The Labute approximate surface area is 124 Å². The van der Waals surface area contributed by atoms with E-state index in [2.05, 4.69) is 17.2 Å². The molecule has 0 aliphatic rings. The lowest BCUT2D eigenvalue weighted by atomic mass is 9.98. The van der Waals surface area contributed by atoms with Crippen molar-refractivity contribution in [1.29, 1.82) is 0 Å². The molecule has 1 heterocycles. The van der Waals surface area contributed by atoms with Crippen molar-refractivity contribution < 1.29 is 9.13 Å². The van der Waals surface area contributed by atoms with E-state index in [0.29, 0.717) is 17.0 Å². The van der Waals surface area contributed by atoms with Crippen molar-refractivity contribution in [3.8, 4) is 5.75 Å². The highest BCUT2D eigenvalue weighted by Gasteiger charge is 2.20. The van der Waals surface area contributed by atoms with Gasteiger partial charge in [-0.2, -0.15) is 0 Å². The van der Waals surface area contributed by atoms with E-state index < -0.39 is 0 Å². The SMILES string of the molecule is CCCNC(c1cnccc1N)c1ccc(OC)cc1F. The summed E-state index contributed by atoms with van der Waals surface area (Å²) in [5.74, 6) is 0.163. The average molecular weight is 289 g/mol. The summed E-state index contributed by atoms with van der Waals surface area (Å²) in [5, 5.41) is 3.32. The Kier molecular flexibility index (Phi) is 5.11. The van der Waals surface area contributed by atoms with Crippen molar-refractivity contribution in [3.63, 3.8) is 0 Å². The number of nitrogens with two attached hydrogens (primary N) is 1. The van der Waals surface area contributed by atoms with Crippen LogP contribution in [-0.4, -0.2) is 18.6 Å². The molecular weight excluding hydrogens is 269 g/mol. The number of ether oxygens (including phenoxy) is 1. The van der Waals surface area contributed by atoms with Gasteiger partial charge in [-0.15, -0.1) is 0 Å². The summed E-state index contributed by atoms with van der Waals surface area (Å²) in [6.45, 7) is 2.81. The Morgan fingerprint density at radius 2 is 2.14 bits per heavy atom. The number of pyridine rings is 1. The molecule has 0 saturated heterocycles. The number of anilines is 1.